The number of carbonyl (C=O) groups excluding carboxylic acids is 2. The minimum Gasteiger partial charge on any atom is -0.353 e. The first-order valence-electron chi connectivity index (χ1n) is 7.37. The second-order valence-electron chi connectivity index (χ2n) is 5.56. The molecular formula is C15H20N4O2. The monoisotopic (exact) mass is 288 g/mol. The van der Waals surface area contributed by atoms with Gasteiger partial charge in [-0.2, -0.15) is 0 Å². The fourth-order valence-electron chi connectivity index (χ4n) is 3.00. The van der Waals surface area contributed by atoms with E-state index in [9.17, 15) is 9.59 Å². The van der Waals surface area contributed by atoms with Crippen LogP contribution in [0, 0.1) is 0 Å². The summed E-state index contributed by atoms with van der Waals surface area (Å²) in [6, 6.07) is 5.59. The molecule has 1 atom stereocenters. The molecule has 2 amide bonds. The standard InChI is InChI=1S/C15H20N4O2/c1-17-12(5-6-14(17)20)15(21)19-10-8-18(9-11-19)13-4-2-3-7-16-13/h2-4,7,12H,5-6,8-11H2,1H3. The molecule has 3 heterocycles. The number of pyridine rings is 1. The largest absolute Gasteiger partial charge is 0.353 e. The zero-order chi connectivity index (χ0) is 14.8. The van der Waals surface area contributed by atoms with Gasteiger partial charge in [-0.15, -0.1) is 0 Å². The van der Waals surface area contributed by atoms with Gasteiger partial charge in [0.25, 0.3) is 0 Å². The Hall–Kier alpha value is -2.11. The molecule has 21 heavy (non-hydrogen) atoms. The van der Waals surface area contributed by atoms with E-state index < -0.39 is 0 Å². The van der Waals surface area contributed by atoms with E-state index in [0.29, 0.717) is 25.9 Å². The van der Waals surface area contributed by atoms with Gasteiger partial charge in [-0.05, 0) is 18.6 Å². The average Bonchev–Trinajstić information content (AvgIpc) is 2.87. The van der Waals surface area contributed by atoms with Gasteiger partial charge in [-0.3, -0.25) is 9.59 Å². The van der Waals surface area contributed by atoms with E-state index in [4.69, 9.17) is 0 Å². The van der Waals surface area contributed by atoms with E-state index in [1.807, 2.05) is 23.1 Å². The molecular weight excluding hydrogens is 268 g/mol. The Morgan fingerprint density at radius 1 is 1.24 bits per heavy atom. The Balaban J connectivity index is 1.58. The highest BCUT2D eigenvalue weighted by Gasteiger charge is 2.36. The molecule has 2 saturated heterocycles. The number of anilines is 1. The number of aromatic nitrogens is 1. The maximum atomic E-state index is 12.5. The fraction of sp³-hybridized carbons (Fsp3) is 0.533. The van der Waals surface area contributed by atoms with Crippen molar-refractivity contribution in [1.82, 2.24) is 14.8 Å². The van der Waals surface area contributed by atoms with Crippen molar-refractivity contribution < 1.29 is 9.59 Å². The van der Waals surface area contributed by atoms with E-state index in [2.05, 4.69) is 9.88 Å². The van der Waals surface area contributed by atoms with Crippen molar-refractivity contribution in [2.45, 2.75) is 18.9 Å². The molecule has 0 N–H and O–H groups in total. The van der Waals surface area contributed by atoms with Crippen molar-refractivity contribution in [2.24, 2.45) is 0 Å². The predicted molar refractivity (Wildman–Crippen MR) is 78.8 cm³/mol. The van der Waals surface area contributed by atoms with Crippen LogP contribution in [0.25, 0.3) is 0 Å². The summed E-state index contributed by atoms with van der Waals surface area (Å²) in [7, 11) is 1.72. The number of nitrogens with zero attached hydrogens (tertiary/aromatic N) is 4. The minimum atomic E-state index is -0.265. The number of rotatable bonds is 2. The zero-order valence-corrected chi connectivity index (χ0v) is 12.2. The van der Waals surface area contributed by atoms with E-state index in [0.717, 1.165) is 18.9 Å². The molecule has 3 rings (SSSR count). The maximum Gasteiger partial charge on any atom is 0.245 e. The summed E-state index contributed by atoms with van der Waals surface area (Å²) in [6.45, 7) is 2.95. The summed E-state index contributed by atoms with van der Waals surface area (Å²) >= 11 is 0. The molecule has 0 saturated carbocycles. The molecule has 0 aromatic carbocycles. The highest BCUT2D eigenvalue weighted by atomic mass is 16.2. The summed E-state index contributed by atoms with van der Waals surface area (Å²) in [6.07, 6.45) is 2.92. The maximum absolute atomic E-state index is 12.5. The van der Waals surface area contributed by atoms with Crippen molar-refractivity contribution in [2.75, 3.05) is 38.1 Å². The Morgan fingerprint density at radius 2 is 2.00 bits per heavy atom. The van der Waals surface area contributed by atoms with E-state index >= 15 is 0 Å². The van der Waals surface area contributed by atoms with Gasteiger partial charge >= 0.3 is 0 Å². The predicted octanol–water partition coefficient (Wildman–Crippen LogP) is 0.351. The lowest BCUT2D eigenvalue weighted by Crippen LogP contribution is -2.53. The fourth-order valence-corrected chi connectivity index (χ4v) is 3.00. The van der Waals surface area contributed by atoms with Crippen LogP contribution in [0.15, 0.2) is 24.4 Å². The van der Waals surface area contributed by atoms with Gasteiger partial charge in [-0.1, -0.05) is 6.07 Å². The zero-order valence-electron chi connectivity index (χ0n) is 12.2. The number of hydrogen-bond acceptors (Lipinski definition) is 4. The number of likely N-dealkylation sites (tertiary alicyclic amines) is 1. The molecule has 2 aliphatic heterocycles. The second-order valence-corrected chi connectivity index (χ2v) is 5.56. The summed E-state index contributed by atoms with van der Waals surface area (Å²) in [5.74, 6) is 1.11. The number of piperazine rings is 1. The van der Waals surface area contributed by atoms with Crippen LogP contribution >= 0.6 is 0 Å². The molecule has 1 aromatic heterocycles. The lowest BCUT2D eigenvalue weighted by atomic mass is 10.1. The van der Waals surface area contributed by atoms with E-state index in [1.165, 1.54) is 0 Å². The minimum absolute atomic E-state index is 0.0699. The number of likely N-dealkylation sites (N-methyl/N-ethyl adjacent to an activating group) is 1. The number of carbonyl (C=O) groups is 2. The summed E-state index contributed by atoms with van der Waals surface area (Å²) in [5, 5.41) is 0. The first-order valence-corrected chi connectivity index (χ1v) is 7.37. The highest BCUT2D eigenvalue weighted by molar-refractivity contribution is 5.90. The Labute approximate surface area is 124 Å². The van der Waals surface area contributed by atoms with Crippen molar-refractivity contribution in [3.63, 3.8) is 0 Å². The van der Waals surface area contributed by atoms with Crippen LogP contribution in [0.3, 0.4) is 0 Å². The van der Waals surface area contributed by atoms with Crippen molar-refractivity contribution >= 4 is 17.6 Å². The number of amides is 2. The van der Waals surface area contributed by atoms with Gasteiger partial charge in [0.1, 0.15) is 11.9 Å². The smallest absolute Gasteiger partial charge is 0.245 e. The van der Waals surface area contributed by atoms with Crippen LogP contribution in [-0.2, 0) is 9.59 Å². The van der Waals surface area contributed by atoms with Gasteiger partial charge in [-0.25, -0.2) is 4.98 Å². The topological polar surface area (TPSA) is 56.8 Å². The molecule has 112 valence electrons. The van der Waals surface area contributed by atoms with E-state index in [-0.39, 0.29) is 17.9 Å². The van der Waals surface area contributed by atoms with Crippen LogP contribution in [0.2, 0.25) is 0 Å². The molecule has 0 aliphatic carbocycles. The van der Waals surface area contributed by atoms with Gasteiger partial charge in [0, 0.05) is 45.8 Å². The van der Waals surface area contributed by atoms with Crippen LogP contribution < -0.4 is 4.90 Å². The number of hydrogen-bond donors (Lipinski definition) is 0. The molecule has 0 spiro atoms. The van der Waals surface area contributed by atoms with Crippen molar-refractivity contribution in [3.8, 4) is 0 Å². The first kappa shape index (κ1) is 13.9. The van der Waals surface area contributed by atoms with Crippen molar-refractivity contribution in [1.29, 1.82) is 0 Å². The van der Waals surface area contributed by atoms with Crippen molar-refractivity contribution in [3.05, 3.63) is 24.4 Å². The van der Waals surface area contributed by atoms with Crippen LogP contribution in [0.1, 0.15) is 12.8 Å². The molecule has 6 heteroatoms. The average molecular weight is 288 g/mol. The molecule has 0 bridgehead atoms. The van der Waals surface area contributed by atoms with Crippen LogP contribution in [-0.4, -0.2) is 65.9 Å². The normalized spacial score (nSPS) is 22.8. The third kappa shape index (κ3) is 2.70. The quantitative estimate of drug-likeness (QED) is 0.788. The lowest BCUT2D eigenvalue weighted by molar-refractivity contribution is -0.140. The SMILES string of the molecule is CN1C(=O)CCC1C(=O)N1CCN(c2ccccn2)CC1. The summed E-state index contributed by atoms with van der Waals surface area (Å²) in [4.78, 5) is 34.0. The molecule has 2 aliphatic rings. The Kier molecular flexibility index (Phi) is 3.77. The third-order valence-electron chi connectivity index (χ3n) is 4.34. The van der Waals surface area contributed by atoms with Gasteiger partial charge in [0.05, 0.1) is 0 Å². The lowest BCUT2D eigenvalue weighted by Gasteiger charge is -2.37. The molecule has 6 nitrogen and oxygen atoms in total. The van der Waals surface area contributed by atoms with Crippen LogP contribution in [0.4, 0.5) is 5.82 Å². The Bertz CT molecular complexity index is 526. The summed E-state index contributed by atoms with van der Waals surface area (Å²) in [5.41, 5.74) is 0. The van der Waals surface area contributed by atoms with Gasteiger partial charge in [0.2, 0.25) is 11.8 Å². The Morgan fingerprint density at radius 3 is 2.57 bits per heavy atom. The molecule has 1 aromatic rings. The summed E-state index contributed by atoms with van der Waals surface area (Å²) < 4.78 is 0. The molecule has 2 fully saturated rings. The second kappa shape index (κ2) is 5.71. The first-order chi connectivity index (χ1) is 10.2. The van der Waals surface area contributed by atoms with Gasteiger partial charge in [0.15, 0.2) is 0 Å². The van der Waals surface area contributed by atoms with E-state index in [1.54, 1.807) is 18.1 Å². The van der Waals surface area contributed by atoms with Crippen LogP contribution in [0.5, 0.6) is 0 Å². The van der Waals surface area contributed by atoms with Gasteiger partial charge < -0.3 is 14.7 Å². The highest BCUT2D eigenvalue weighted by Crippen LogP contribution is 2.20. The third-order valence-corrected chi connectivity index (χ3v) is 4.34. The molecule has 1 unspecified atom stereocenters. The molecule has 0 radical (unpaired) electrons.